The zero-order valence-corrected chi connectivity index (χ0v) is 16.2. The van der Waals surface area contributed by atoms with Gasteiger partial charge in [0.2, 0.25) is 11.7 Å². The zero-order chi connectivity index (χ0) is 19.1. The smallest absolute Gasteiger partial charge is 0.228 e. The highest BCUT2D eigenvalue weighted by atomic mass is 16.2. The van der Waals surface area contributed by atoms with E-state index in [1.807, 2.05) is 12.1 Å². The normalized spacial score (nSPS) is 11.4. The minimum Gasteiger partial charge on any atom is -0.348 e. The third kappa shape index (κ3) is 2.79. The van der Waals surface area contributed by atoms with Gasteiger partial charge in [0.1, 0.15) is 0 Å². The fourth-order valence-corrected chi connectivity index (χ4v) is 3.58. The van der Waals surface area contributed by atoms with Crippen LogP contribution in [0.2, 0.25) is 0 Å². The number of carbonyl (C=O) groups is 1. The van der Waals surface area contributed by atoms with Gasteiger partial charge in [-0.15, -0.1) is 0 Å². The summed E-state index contributed by atoms with van der Waals surface area (Å²) in [5.41, 5.74) is 6.29. The van der Waals surface area contributed by atoms with E-state index in [2.05, 4.69) is 59.2 Å². The van der Waals surface area contributed by atoms with Crippen LogP contribution >= 0.6 is 0 Å². The second kappa shape index (κ2) is 6.58. The van der Waals surface area contributed by atoms with E-state index in [1.54, 1.807) is 19.0 Å². The number of aromatic nitrogens is 3. The van der Waals surface area contributed by atoms with Crippen LogP contribution in [0.4, 0.5) is 0 Å². The van der Waals surface area contributed by atoms with Crippen molar-refractivity contribution in [3.05, 3.63) is 59.8 Å². The molecule has 0 bridgehead atoms. The van der Waals surface area contributed by atoms with Crippen molar-refractivity contribution >= 4 is 22.7 Å². The number of hydrogen-bond acceptors (Lipinski definition) is 2. The molecular formula is C22H24N4O. The van der Waals surface area contributed by atoms with Gasteiger partial charge in [0.15, 0.2) is 0 Å². The van der Waals surface area contributed by atoms with Crippen molar-refractivity contribution in [2.75, 3.05) is 14.1 Å². The first-order chi connectivity index (χ1) is 13.0. The van der Waals surface area contributed by atoms with Gasteiger partial charge >= 0.3 is 0 Å². The number of para-hydroxylation sites is 2. The van der Waals surface area contributed by atoms with E-state index in [4.69, 9.17) is 4.98 Å². The first kappa shape index (κ1) is 17.3. The van der Waals surface area contributed by atoms with Gasteiger partial charge in [0.25, 0.3) is 0 Å². The van der Waals surface area contributed by atoms with E-state index in [-0.39, 0.29) is 5.91 Å². The summed E-state index contributed by atoms with van der Waals surface area (Å²) in [6, 6.07) is 16.6. The summed E-state index contributed by atoms with van der Waals surface area (Å²) in [5, 5.41) is 0. The van der Waals surface area contributed by atoms with Gasteiger partial charge in [0.05, 0.1) is 28.8 Å². The van der Waals surface area contributed by atoms with Crippen molar-refractivity contribution in [3.63, 3.8) is 0 Å². The van der Waals surface area contributed by atoms with E-state index in [0.717, 1.165) is 40.3 Å². The molecule has 0 spiro atoms. The molecule has 0 aliphatic carbocycles. The Morgan fingerprint density at radius 3 is 2.33 bits per heavy atom. The molecule has 4 rings (SSSR count). The molecular weight excluding hydrogens is 336 g/mol. The summed E-state index contributed by atoms with van der Waals surface area (Å²) in [4.78, 5) is 19.2. The molecule has 0 N–H and O–H groups in total. The molecule has 2 aromatic heterocycles. The monoisotopic (exact) mass is 360 g/mol. The Bertz CT molecular complexity index is 1130. The molecule has 0 aliphatic rings. The second-order valence-corrected chi connectivity index (χ2v) is 7.11. The highest BCUT2D eigenvalue weighted by Crippen LogP contribution is 2.30. The predicted octanol–water partition coefficient (Wildman–Crippen LogP) is 3.92. The molecule has 138 valence electrons. The summed E-state index contributed by atoms with van der Waals surface area (Å²) in [5.74, 6) is 0.953. The maximum absolute atomic E-state index is 12.6. The molecule has 2 heterocycles. The third-order valence-corrected chi connectivity index (χ3v) is 5.07. The summed E-state index contributed by atoms with van der Waals surface area (Å²) >= 11 is 0. The third-order valence-electron chi connectivity index (χ3n) is 5.07. The number of carbonyl (C=O) groups excluding carboxylic acids is 1. The van der Waals surface area contributed by atoms with Gasteiger partial charge in [-0.25, -0.2) is 4.98 Å². The first-order valence-corrected chi connectivity index (χ1v) is 9.27. The van der Waals surface area contributed by atoms with Crippen LogP contribution in [0.15, 0.2) is 48.5 Å². The van der Waals surface area contributed by atoms with Crippen molar-refractivity contribution in [1.82, 2.24) is 18.9 Å². The molecule has 27 heavy (non-hydrogen) atoms. The molecule has 0 radical (unpaired) electrons. The highest BCUT2D eigenvalue weighted by molar-refractivity contribution is 5.86. The lowest BCUT2D eigenvalue weighted by molar-refractivity contribution is -0.128. The van der Waals surface area contributed by atoms with Crippen LogP contribution in [0, 0.1) is 6.92 Å². The van der Waals surface area contributed by atoms with E-state index in [9.17, 15) is 4.79 Å². The standard InChI is InChI=1S/C22H24N4O/c1-5-25-17-8-6-7-9-18(17)26-19(14-20(27)24(3)4)21(23-22(25)26)16-12-10-15(2)11-13-16/h6-13H,5,14H2,1-4H3. The minimum atomic E-state index is 0.0680. The van der Waals surface area contributed by atoms with Gasteiger partial charge < -0.3 is 9.47 Å². The molecule has 5 heteroatoms. The lowest BCUT2D eigenvalue weighted by atomic mass is 10.1. The molecule has 0 unspecified atom stereocenters. The number of amides is 1. The van der Waals surface area contributed by atoms with Crippen LogP contribution in [0.5, 0.6) is 0 Å². The summed E-state index contributed by atoms with van der Waals surface area (Å²) in [7, 11) is 3.59. The molecule has 5 nitrogen and oxygen atoms in total. The Labute approximate surface area is 158 Å². The second-order valence-electron chi connectivity index (χ2n) is 7.11. The van der Waals surface area contributed by atoms with Gasteiger partial charge in [-0.1, -0.05) is 42.0 Å². The zero-order valence-electron chi connectivity index (χ0n) is 16.2. The van der Waals surface area contributed by atoms with Gasteiger partial charge in [-0.05, 0) is 26.0 Å². The fourth-order valence-electron chi connectivity index (χ4n) is 3.58. The van der Waals surface area contributed by atoms with Crippen LogP contribution in [-0.2, 0) is 17.8 Å². The molecule has 0 saturated carbocycles. The van der Waals surface area contributed by atoms with E-state index < -0.39 is 0 Å². The maximum atomic E-state index is 12.6. The van der Waals surface area contributed by atoms with Gasteiger partial charge in [-0.3, -0.25) is 9.20 Å². The van der Waals surface area contributed by atoms with Crippen LogP contribution < -0.4 is 0 Å². The molecule has 0 aliphatic heterocycles. The molecule has 0 atom stereocenters. The van der Waals surface area contributed by atoms with Crippen LogP contribution in [0.25, 0.3) is 28.1 Å². The molecule has 4 aromatic rings. The van der Waals surface area contributed by atoms with Crippen LogP contribution in [-0.4, -0.2) is 38.9 Å². The van der Waals surface area contributed by atoms with E-state index >= 15 is 0 Å². The lowest BCUT2D eigenvalue weighted by Gasteiger charge is -2.11. The minimum absolute atomic E-state index is 0.0680. The number of nitrogens with zero attached hydrogens (tertiary/aromatic N) is 4. The number of benzene rings is 2. The van der Waals surface area contributed by atoms with E-state index in [0.29, 0.717) is 6.42 Å². The van der Waals surface area contributed by atoms with Crippen molar-refractivity contribution < 1.29 is 4.79 Å². The topological polar surface area (TPSA) is 42.5 Å². The number of likely N-dealkylation sites (N-methyl/N-ethyl adjacent to an activating group) is 1. The Balaban J connectivity index is 2.05. The Hall–Kier alpha value is -3.08. The van der Waals surface area contributed by atoms with Crippen molar-refractivity contribution in [1.29, 1.82) is 0 Å². The van der Waals surface area contributed by atoms with Crippen molar-refractivity contribution in [3.8, 4) is 11.3 Å². The highest BCUT2D eigenvalue weighted by Gasteiger charge is 2.22. The van der Waals surface area contributed by atoms with Gasteiger partial charge in [0, 0.05) is 26.2 Å². The van der Waals surface area contributed by atoms with Gasteiger partial charge in [-0.2, -0.15) is 0 Å². The number of rotatable bonds is 4. The number of hydrogen-bond donors (Lipinski definition) is 0. The number of aryl methyl sites for hydroxylation is 2. The summed E-state index contributed by atoms with van der Waals surface area (Å²) in [6.07, 6.45) is 0.315. The Kier molecular flexibility index (Phi) is 4.22. The SMILES string of the molecule is CCn1c2ccccc2n2c(CC(=O)N(C)C)c(-c3ccc(C)cc3)nc12. The molecule has 2 aromatic carbocycles. The van der Waals surface area contributed by atoms with Crippen LogP contribution in [0.3, 0.4) is 0 Å². The van der Waals surface area contributed by atoms with Crippen molar-refractivity contribution in [2.24, 2.45) is 0 Å². The Morgan fingerprint density at radius 2 is 1.70 bits per heavy atom. The average Bonchev–Trinajstić information content (AvgIpc) is 3.17. The number of fused-ring (bicyclic) bond motifs is 3. The van der Waals surface area contributed by atoms with Crippen molar-refractivity contribution in [2.45, 2.75) is 26.8 Å². The quantitative estimate of drug-likeness (QED) is 0.554. The Morgan fingerprint density at radius 1 is 1.04 bits per heavy atom. The largest absolute Gasteiger partial charge is 0.348 e. The first-order valence-electron chi connectivity index (χ1n) is 9.27. The lowest BCUT2D eigenvalue weighted by Crippen LogP contribution is -2.24. The maximum Gasteiger partial charge on any atom is 0.228 e. The van der Waals surface area contributed by atoms with Crippen LogP contribution in [0.1, 0.15) is 18.2 Å². The predicted molar refractivity (Wildman–Crippen MR) is 109 cm³/mol. The molecule has 0 saturated heterocycles. The fraction of sp³-hybridized carbons (Fsp3) is 0.273. The number of imidazole rings is 2. The summed E-state index contributed by atoms with van der Waals surface area (Å²) in [6.45, 7) is 5.02. The molecule has 0 fully saturated rings. The average molecular weight is 360 g/mol. The summed E-state index contributed by atoms with van der Waals surface area (Å²) < 4.78 is 4.35. The van der Waals surface area contributed by atoms with E-state index in [1.165, 1.54) is 5.56 Å². The molecule has 1 amide bonds.